The summed E-state index contributed by atoms with van der Waals surface area (Å²) in [5.74, 6) is -0.537. The maximum atomic E-state index is 11.9. The molecule has 1 aliphatic heterocycles. The molecule has 1 aromatic carbocycles. The zero-order valence-electron chi connectivity index (χ0n) is 9.05. The van der Waals surface area contributed by atoms with Crippen LogP contribution in [0.5, 0.6) is 0 Å². The van der Waals surface area contributed by atoms with Crippen molar-refractivity contribution in [1.82, 2.24) is 0 Å². The molecule has 0 spiro atoms. The van der Waals surface area contributed by atoms with Crippen molar-refractivity contribution in [2.45, 2.75) is 19.4 Å². The molecule has 0 saturated heterocycles. The first-order valence-corrected chi connectivity index (χ1v) is 5.26. The van der Waals surface area contributed by atoms with Crippen LogP contribution in [0.25, 0.3) is 0 Å². The molecule has 1 heterocycles. The van der Waals surface area contributed by atoms with Gasteiger partial charge >= 0.3 is 11.7 Å². The van der Waals surface area contributed by atoms with Gasteiger partial charge in [0.05, 0.1) is 12.2 Å². The average Bonchev–Trinajstić information content (AvgIpc) is 2.41. The van der Waals surface area contributed by atoms with Gasteiger partial charge < -0.3 is 9.94 Å². The van der Waals surface area contributed by atoms with E-state index in [0.29, 0.717) is 18.6 Å². The van der Waals surface area contributed by atoms with E-state index in [-0.39, 0.29) is 11.8 Å². The Morgan fingerprint density at radius 2 is 2.06 bits per heavy atom. The van der Waals surface area contributed by atoms with Gasteiger partial charge in [-0.05, 0) is 19.1 Å². The summed E-state index contributed by atoms with van der Waals surface area (Å²) >= 11 is 0. The van der Waals surface area contributed by atoms with Crippen molar-refractivity contribution >= 4 is 11.7 Å². The maximum absolute atomic E-state index is 11.9. The van der Waals surface area contributed by atoms with Gasteiger partial charge in [0, 0.05) is 6.42 Å². The Labute approximate surface area is 93.7 Å². The SMILES string of the molecule is CC1CCOC(=O)C(c2ccccc2)=[N+]1[O-]. The molecule has 1 atom stereocenters. The first-order valence-electron chi connectivity index (χ1n) is 5.26. The van der Waals surface area contributed by atoms with Crippen LogP contribution in [0.15, 0.2) is 30.3 Å². The summed E-state index contributed by atoms with van der Waals surface area (Å²) < 4.78 is 5.75. The summed E-state index contributed by atoms with van der Waals surface area (Å²) in [6.45, 7) is 2.09. The highest BCUT2D eigenvalue weighted by Gasteiger charge is 2.30. The van der Waals surface area contributed by atoms with E-state index in [4.69, 9.17) is 4.74 Å². The highest BCUT2D eigenvalue weighted by Crippen LogP contribution is 2.10. The summed E-state index contributed by atoms with van der Waals surface area (Å²) in [5.41, 5.74) is 0.710. The number of rotatable bonds is 1. The Kier molecular flexibility index (Phi) is 2.90. The van der Waals surface area contributed by atoms with Gasteiger partial charge in [0.15, 0.2) is 6.04 Å². The summed E-state index contributed by atoms with van der Waals surface area (Å²) in [6.07, 6.45) is 0.561. The molecular weight excluding hydrogens is 206 g/mol. The molecule has 1 unspecified atom stereocenters. The second-order valence-electron chi connectivity index (χ2n) is 3.81. The molecule has 1 aliphatic rings. The van der Waals surface area contributed by atoms with Crippen LogP contribution in [0.2, 0.25) is 0 Å². The number of nitrogens with zero attached hydrogens (tertiary/aromatic N) is 1. The molecule has 4 nitrogen and oxygen atoms in total. The number of carbonyl (C=O) groups excluding carboxylic acids is 1. The number of esters is 1. The summed E-state index contributed by atoms with van der Waals surface area (Å²) in [7, 11) is 0. The molecule has 84 valence electrons. The lowest BCUT2D eigenvalue weighted by Gasteiger charge is -2.11. The van der Waals surface area contributed by atoms with Crippen molar-refractivity contribution in [1.29, 1.82) is 0 Å². The molecule has 0 saturated carbocycles. The minimum absolute atomic E-state index is 0.102. The largest absolute Gasteiger partial charge is 0.623 e. The molecule has 16 heavy (non-hydrogen) atoms. The standard InChI is InChI=1S/C12H13NO3/c1-9-7-8-16-12(14)11(13(9)15)10-5-3-2-4-6-10/h2-6,9H,7-8H2,1H3. The van der Waals surface area contributed by atoms with Gasteiger partial charge in [-0.15, -0.1) is 0 Å². The quantitative estimate of drug-likeness (QED) is 0.406. The van der Waals surface area contributed by atoms with Gasteiger partial charge in [0.1, 0.15) is 0 Å². The lowest BCUT2D eigenvalue weighted by molar-refractivity contribution is -0.495. The zero-order valence-corrected chi connectivity index (χ0v) is 9.05. The zero-order chi connectivity index (χ0) is 11.5. The molecule has 0 N–H and O–H groups in total. The van der Waals surface area contributed by atoms with Crippen molar-refractivity contribution in [3.63, 3.8) is 0 Å². The van der Waals surface area contributed by atoms with E-state index in [2.05, 4.69) is 0 Å². The number of hydrogen-bond acceptors (Lipinski definition) is 3. The number of carbonyl (C=O) groups is 1. The minimum atomic E-state index is -0.537. The summed E-state index contributed by atoms with van der Waals surface area (Å²) in [5, 5.41) is 11.9. The molecule has 0 bridgehead atoms. The third kappa shape index (κ3) is 1.91. The average molecular weight is 219 g/mol. The van der Waals surface area contributed by atoms with Crippen molar-refractivity contribution in [3.8, 4) is 0 Å². The second kappa shape index (κ2) is 4.35. The van der Waals surface area contributed by atoms with Crippen LogP contribution in [0.3, 0.4) is 0 Å². The topological polar surface area (TPSA) is 52.4 Å². The summed E-state index contributed by atoms with van der Waals surface area (Å²) in [4.78, 5) is 11.7. The lowest BCUT2D eigenvalue weighted by Crippen LogP contribution is -2.29. The third-order valence-corrected chi connectivity index (χ3v) is 2.63. The number of cyclic esters (lactones) is 1. The van der Waals surface area contributed by atoms with Crippen molar-refractivity contribution < 1.29 is 14.3 Å². The number of hydroxylamine groups is 1. The minimum Gasteiger partial charge on any atom is -0.623 e. The van der Waals surface area contributed by atoms with Gasteiger partial charge in [-0.25, -0.2) is 4.79 Å². The van der Waals surface area contributed by atoms with E-state index in [1.165, 1.54) is 0 Å². The first kappa shape index (κ1) is 10.7. The van der Waals surface area contributed by atoms with E-state index < -0.39 is 5.97 Å². The van der Waals surface area contributed by atoms with E-state index in [1.807, 2.05) is 6.07 Å². The molecule has 2 rings (SSSR count). The monoisotopic (exact) mass is 219 g/mol. The normalized spacial score (nSPS) is 21.6. The van der Waals surface area contributed by atoms with E-state index in [9.17, 15) is 10.0 Å². The number of ether oxygens (including phenoxy) is 1. The molecule has 4 heteroatoms. The Morgan fingerprint density at radius 3 is 2.75 bits per heavy atom. The number of benzene rings is 1. The Bertz CT molecular complexity index is 425. The summed E-state index contributed by atoms with van der Waals surface area (Å²) in [6, 6.07) is 8.66. The Hall–Kier alpha value is -1.84. The van der Waals surface area contributed by atoms with E-state index >= 15 is 0 Å². The smallest absolute Gasteiger partial charge is 0.405 e. The maximum Gasteiger partial charge on any atom is 0.405 e. The van der Waals surface area contributed by atoms with Crippen LogP contribution in [0.4, 0.5) is 0 Å². The highest BCUT2D eigenvalue weighted by molar-refractivity contribution is 6.41. The predicted octanol–water partition coefficient (Wildman–Crippen LogP) is 1.32. The fourth-order valence-electron chi connectivity index (χ4n) is 1.66. The fraction of sp³-hybridized carbons (Fsp3) is 0.333. The van der Waals surface area contributed by atoms with Gasteiger partial charge in [0.25, 0.3) is 0 Å². The van der Waals surface area contributed by atoms with Gasteiger partial charge in [-0.1, -0.05) is 18.2 Å². The second-order valence-corrected chi connectivity index (χ2v) is 3.81. The Morgan fingerprint density at radius 1 is 1.38 bits per heavy atom. The van der Waals surface area contributed by atoms with Crippen LogP contribution in [0, 0.1) is 5.21 Å². The van der Waals surface area contributed by atoms with Crippen LogP contribution in [-0.4, -0.2) is 29.1 Å². The highest BCUT2D eigenvalue weighted by atomic mass is 16.5. The fourth-order valence-corrected chi connectivity index (χ4v) is 1.66. The molecular formula is C12H13NO3. The molecule has 0 aliphatic carbocycles. The number of hydrogen-bond donors (Lipinski definition) is 0. The molecule has 1 aromatic rings. The molecule has 0 fully saturated rings. The van der Waals surface area contributed by atoms with Crippen LogP contribution in [0.1, 0.15) is 18.9 Å². The van der Waals surface area contributed by atoms with Crippen LogP contribution < -0.4 is 0 Å². The first-order chi connectivity index (χ1) is 7.70. The lowest BCUT2D eigenvalue weighted by atomic mass is 10.1. The van der Waals surface area contributed by atoms with Crippen molar-refractivity contribution in [2.75, 3.05) is 6.61 Å². The third-order valence-electron chi connectivity index (χ3n) is 2.63. The van der Waals surface area contributed by atoms with Gasteiger partial charge in [-0.2, -0.15) is 4.74 Å². The Balaban J connectivity index is 2.49. The molecule has 0 aromatic heterocycles. The predicted molar refractivity (Wildman–Crippen MR) is 59.2 cm³/mol. The molecule has 0 amide bonds. The van der Waals surface area contributed by atoms with Gasteiger partial charge in [0.2, 0.25) is 0 Å². The van der Waals surface area contributed by atoms with Crippen molar-refractivity contribution in [3.05, 3.63) is 41.1 Å². The van der Waals surface area contributed by atoms with E-state index in [1.54, 1.807) is 31.2 Å². The molecule has 0 radical (unpaired) electrons. The van der Waals surface area contributed by atoms with Crippen LogP contribution in [-0.2, 0) is 9.53 Å². The van der Waals surface area contributed by atoms with Gasteiger partial charge in [-0.3, -0.25) is 0 Å². The van der Waals surface area contributed by atoms with Crippen molar-refractivity contribution in [2.24, 2.45) is 0 Å². The van der Waals surface area contributed by atoms with E-state index in [0.717, 1.165) is 4.74 Å². The van der Waals surface area contributed by atoms with Crippen LogP contribution >= 0.6 is 0 Å².